The second-order valence-corrected chi connectivity index (χ2v) is 2.95. The van der Waals surface area contributed by atoms with Crippen molar-refractivity contribution in [2.75, 3.05) is 14.1 Å². The molecule has 76 valence electrons. The first kappa shape index (κ1) is 7.23. The Morgan fingerprint density at radius 3 is 3.07 bits per heavy atom. The van der Waals surface area contributed by atoms with Gasteiger partial charge in [0.15, 0.2) is 5.69 Å². The third kappa shape index (κ3) is 2.23. The monoisotopic (exact) mass is 262 g/mol. The van der Waals surface area contributed by atoms with Crippen molar-refractivity contribution in [3.8, 4) is 5.88 Å². The third-order valence-electron chi connectivity index (χ3n) is 1.57. The molecule has 14 heavy (non-hydrogen) atoms. The summed E-state index contributed by atoms with van der Waals surface area (Å²) in [5.41, 5.74) is 0.533. The van der Waals surface area contributed by atoms with E-state index in [2.05, 4.69) is 25.7 Å². The lowest BCUT2D eigenvalue weighted by Crippen LogP contribution is -2.06. The molecule has 1 rings (SSSR count). The Morgan fingerprint density at radius 1 is 1.71 bits per heavy atom. The highest BCUT2D eigenvalue weighted by Crippen LogP contribution is 2.18. The molecule has 0 saturated carbocycles. The molecule has 0 aliphatic carbocycles. The van der Waals surface area contributed by atoms with E-state index < -0.39 is 13.0 Å². The van der Waals surface area contributed by atoms with Gasteiger partial charge in [-0.1, -0.05) is 22.0 Å². The first-order valence-electron chi connectivity index (χ1n) is 5.20. The van der Waals surface area contributed by atoms with Crippen molar-refractivity contribution in [1.29, 1.82) is 0 Å². The minimum atomic E-state index is -2.61. The zero-order chi connectivity index (χ0) is 13.1. The Labute approximate surface area is 94.6 Å². The number of ether oxygens (including phenoxy) is 2. The largest absolute Gasteiger partial charge is 0.481 e. The first-order valence-corrected chi connectivity index (χ1v) is 4.82. The van der Waals surface area contributed by atoms with Crippen molar-refractivity contribution in [3.63, 3.8) is 0 Å². The van der Waals surface area contributed by atoms with Crippen molar-refractivity contribution >= 4 is 21.9 Å². The Kier molecular flexibility index (Phi) is 2.55. The normalized spacial score (nSPS) is 13.7. The van der Waals surface area contributed by atoms with E-state index in [1.807, 2.05) is 0 Å². The number of carbonyl (C=O) groups excluding carboxylic acids is 1. The van der Waals surface area contributed by atoms with Gasteiger partial charge in [0.2, 0.25) is 5.88 Å². The van der Waals surface area contributed by atoms with E-state index in [1.54, 1.807) is 6.07 Å². The van der Waals surface area contributed by atoms with Gasteiger partial charge in [-0.05, 0) is 6.07 Å². The molecule has 0 unspecified atom stereocenters. The van der Waals surface area contributed by atoms with Crippen LogP contribution in [-0.2, 0) is 10.1 Å². The summed E-state index contributed by atoms with van der Waals surface area (Å²) in [6, 6.07) is 2.99. The molecule has 0 aliphatic heterocycles. The summed E-state index contributed by atoms with van der Waals surface area (Å²) in [6.45, 7) is 0. The predicted molar refractivity (Wildman–Crippen MR) is 54.8 cm³/mol. The predicted octanol–water partition coefficient (Wildman–Crippen LogP) is 1.77. The van der Waals surface area contributed by atoms with Crippen LogP contribution in [0.3, 0.4) is 0 Å². The Morgan fingerprint density at radius 2 is 2.50 bits per heavy atom. The molecule has 0 spiro atoms. The number of nitrogens with zero attached hydrogens (tertiary/aromatic N) is 1. The van der Waals surface area contributed by atoms with Gasteiger partial charge in [0.25, 0.3) is 0 Å². The van der Waals surface area contributed by atoms with E-state index in [4.69, 9.17) is 8.85 Å². The second kappa shape index (κ2) is 4.95. The van der Waals surface area contributed by atoms with E-state index in [0.717, 1.165) is 0 Å². The van der Waals surface area contributed by atoms with Crippen molar-refractivity contribution in [2.24, 2.45) is 0 Å². The number of methoxy groups -OCH3 is 2. The molecule has 0 saturated heterocycles. The fourth-order valence-corrected chi connectivity index (χ4v) is 1.30. The summed E-state index contributed by atoms with van der Waals surface area (Å²) in [5, 5.41) is 0.368. The van der Waals surface area contributed by atoms with Crippen molar-refractivity contribution in [1.82, 2.24) is 4.98 Å². The molecule has 0 radical (unpaired) electrons. The highest BCUT2D eigenvalue weighted by Gasteiger charge is 2.11. The molecule has 0 fully saturated rings. The van der Waals surface area contributed by atoms with Gasteiger partial charge in [0, 0.05) is 10.9 Å². The van der Waals surface area contributed by atoms with Gasteiger partial charge < -0.3 is 9.47 Å². The molecule has 0 aromatic carbocycles. The minimum absolute atomic E-state index is 0.00329. The molecule has 0 aliphatic rings. The molecule has 5 heteroatoms. The van der Waals surface area contributed by atoms with Gasteiger partial charge in [0.05, 0.1) is 18.3 Å². The summed E-state index contributed by atoms with van der Waals surface area (Å²) < 4.78 is 30.2. The topological polar surface area (TPSA) is 48.4 Å². The van der Waals surface area contributed by atoms with Crippen LogP contribution in [-0.4, -0.2) is 25.1 Å². The van der Waals surface area contributed by atoms with Crippen molar-refractivity contribution in [2.45, 2.75) is 5.33 Å². The van der Waals surface area contributed by atoms with E-state index in [-0.39, 0.29) is 11.6 Å². The number of esters is 1. The quantitative estimate of drug-likeness (QED) is 0.616. The number of rotatable bonds is 3. The molecule has 1 heterocycles. The Bertz CT molecular complexity index is 422. The zero-order valence-electron chi connectivity index (χ0n) is 10.4. The number of halogens is 1. The van der Waals surface area contributed by atoms with Crippen LogP contribution in [0.1, 0.15) is 20.2 Å². The fourth-order valence-electron chi connectivity index (χ4n) is 0.878. The van der Waals surface area contributed by atoms with E-state index in [1.165, 1.54) is 13.2 Å². The third-order valence-corrected chi connectivity index (χ3v) is 2.18. The molecule has 0 amide bonds. The molecule has 4 nitrogen and oxygen atoms in total. The van der Waals surface area contributed by atoms with Crippen molar-refractivity contribution < 1.29 is 18.4 Å². The fraction of sp³-hybridized carbons (Fsp3) is 0.333. The number of pyridine rings is 1. The Hall–Kier alpha value is -1.10. The number of hydrogen-bond acceptors (Lipinski definition) is 4. The highest BCUT2D eigenvalue weighted by atomic mass is 79.9. The molecular formula is C9H10BrNO3. The SMILES string of the molecule is [2H]C([2H])([2H])Oc1nc(C(=O)OC)ccc1CBr. The van der Waals surface area contributed by atoms with Gasteiger partial charge in [-0.25, -0.2) is 9.78 Å². The molecule has 0 bridgehead atoms. The van der Waals surface area contributed by atoms with Crippen LogP contribution in [0.5, 0.6) is 5.88 Å². The summed E-state index contributed by atoms with van der Waals surface area (Å²) in [6.07, 6.45) is 0. The van der Waals surface area contributed by atoms with Gasteiger partial charge in [0.1, 0.15) is 0 Å². The maximum absolute atomic E-state index is 11.2. The molecule has 1 aromatic heterocycles. The van der Waals surface area contributed by atoms with Crippen LogP contribution in [0.25, 0.3) is 0 Å². The number of hydrogen-bond donors (Lipinski definition) is 0. The standard InChI is InChI=1S/C9H10BrNO3/c1-13-8-6(5-10)3-4-7(11-8)9(12)14-2/h3-4H,5H2,1-2H3/i1D3. The number of aromatic nitrogens is 1. The van der Waals surface area contributed by atoms with Gasteiger partial charge in [-0.15, -0.1) is 0 Å². The van der Waals surface area contributed by atoms with Gasteiger partial charge in [-0.2, -0.15) is 0 Å². The van der Waals surface area contributed by atoms with Crippen LogP contribution in [0.2, 0.25) is 0 Å². The Balaban J connectivity index is 3.11. The van der Waals surface area contributed by atoms with E-state index >= 15 is 0 Å². The minimum Gasteiger partial charge on any atom is -0.481 e. The summed E-state index contributed by atoms with van der Waals surface area (Å²) in [4.78, 5) is 15.1. The van der Waals surface area contributed by atoms with Gasteiger partial charge in [-0.3, -0.25) is 0 Å². The number of alkyl halides is 1. The van der Waals surface area contributed by atoms with Gasteiger partial charge >= 0.3 is 5.97 Å². The van der Waals surface area contributed by atoms with Crippen LogP contribution in [0, 0.1) is 0 Å². The maximum atomic E-state index is 11.2. The molecule has 0 atom stereocenters. The summed E-state index contributed by atoms with van der Waals surface area (Å²) in [5.74, 6) is -0.758. The number of carbonyl (C=O) groups is 1. The highest BCUT2D eigenvalue weighted by molar-refractivity contribution is 9.08. The van der Waals surface area contributed by atoms with Crippen LogP contribution >= 0.6 is 15.9 Å². The van der Waals surface area contributed by atoms with Crippen molar-refractivity contribution in [3.05, 3.63) is 23.4 Å². The van der Waals surface area contributed by atoms with Crippen LogP contribution in [0.4, 0.5) is 0 Å². The molecule has 0 N–H and O–H groups in total. The first-order chi connectivity index (χ1) is 7.87. The van der Waals surface area contributed by atoms with Crippen LogP contribution in [0.15, 0.2) is 12.1 Å². The lowest BCUT2D eigenvalue weighted by Gasteiger charge is -2.05. The maximum Gasteiger partial charge on any atom is 0.356 e. The lowest BCUT2D eigenvalue weighted by atomic mass is 10.2. The zero-order valence-corrected chi connectivity index (χ0v) is 9.00. The lowest BCUT2D eigenvalue weighted by molar-refractivity contribution is 0.0593. The average Bonchev–Trinajstić information content (AvgIpc) is 2.25. The average molecular weight is 263 g/mol. The summed E-state index contributed by atoms with van der Waals surface area (Å²) in [7, 11) is -1.40. The van der Waals surface area contributed by atoms with Crippen LogP contribution < -0.4 is 4.74 Å². The molecular weight excluding hydrogens is 250 g/mol. The smallest absolute Gasteiger partial charge is 0.356 e. The van der Waals surface area contributed by atoms with E-state index in [9.17, 15) is 4.79 Å². The summed E-state index contributed by atoms with van der Waals surface area (Å²) >= 11 is 3.17. The second-order valence-electron chi connectivity index (χ2n) is 2.39. The molecule has 1 aromatic rings. The van der Waals surface area contributed by atoms with E-state index in [0.29, 0.717) is 10.9 Å².